The molecule has 0 spiro atoms. The van der Waals surface area contributed by atoms with Gasteiger partial charge in [0.05, 0.1) is 22.6 Å². The second kappa shape index (κ2) is 7.75. The third-order valence-corrected chi connectivity index (χ3v) is 5.35. The number of anilines is 2. The lowest BCUT2D eigenvalue weighted by Crippen LogP contribution is -2.33. The number of aromatic nitrogens is 5. The van der Waals surface area contributed by atoms with Crippen LogP contribution < -0.4 is 22.3 Å². The summed E-state index contributed by atoms with van der Waals surface area (Å²) < 4.78 is 2.90. The molecule has 1 atom stereocenters. The second-order valence-electron chi connectivity index (χ2n) is 7.53. The van der Waals surface area contributed by atoms with Crippen LogP contribution >= 0.6 is 0 Å². The van der Waals surface area contributed by atoms with Crippen LogP contribution in [0.4, 0.5) is 11.5 Å². The fourth-order valence-electron chi connectivity index (χ4n) is 3.85. The number of nitrogens with one attached hydrogen (secondary N) is 1. The third-order valence-electron chi connectivity index (χ3n) is 5.35. The van der Waals surface area contributed by atoms with Gasteiger partial charge in [0.25, 0.3) is 11.5 Å². The molecule has 0 saturated heterocycles. The molecule has 3 aromatic heterocycles. The smallest absolute Gasteiger partial charge is 0.268 e. The van der Waals surface area contributed by atoms with Crippen molar-refractivity contribution in [1.29, 1.82) is 0 Å². The molecule has 0 bridgehead atoms. The van der Waals surface area contributed by atoms with Crippen LogP contribution in [0.15, 0.2) is 71.8 Å². The summed E-state index contributed by atoms with van der Waals surface area (Å²) in [6, 6.07) is 15.2. The zero-order valence-electron chi connectivity index (χ0n) is 17.6. The highest BCUT2D eigenvalue weighted by Crippen LogP contribution is 2.22. The van der Waals surface area contributed by atoms with Crippen LogP contribution in [-0.2, 0) is 0 Å². The number of benzene rings is 2. The van der Waals surface area contributed by atoms with Gasteiger partial charge in [-0.3, -0.25) is 14.2 Å². The van der Waals surface area contributed by atoms with Crippen LogP contribution in [0.25, 0.3) is 22.2 Å². The number of carbonyl (C=O) groups is 1. The highest BCUT2D eigenvalue weighted by molar-refractivity contribution is 6.04. The van der Waals surface area contributed by atoms with Gasteiger partial charge in [0.1, 0.15) is 11.4 Å². The molecule has 0 saturated carbocycles. The highest BCUT2D eigenvalue weighted by Gasteiger charge is 2.24. The Hall–Kier alpha value is -4.73. The number of nitrogens with zero attached hydrogens (tertiary/aromatic N) is 5. The number of nitrogens with two attached hydrogens (primary N) is 2. The first kappa shape index (κ1) is 20.2. The Kier molecular flexibility index (Phi) is 4.74. The molecular formula is C23H20N8O2. The van der Waals surface area contributed by atoms with Crippen molar-refractivity contribution >= 4 is 34.0 Å². The van der Waals surface area contributed by atoms with E-state index < -0.39 is 11.9 Å². The Balaban J connectivity index is 1.64. The minimum Gasteiger partial charge on any atom is -0.398 e. The number of carbonyl (C=O) groups excluding carboxylic acids is 1. The number of fused-ring (bicyclic) bond motifs is 2. The average molecular weight is 440 g/mol. The van der Waals surface area contributed by atoms with Crippen molar-refractivity contribution < 1.29 is 4.79 Å². The third kappa shape index (κ3) is 3.33. The maximum absolute atomic E-state index is 13.5. The summed E-state index contributed by atoms with van der Waals surface area (Å²) in [7, 11) is 0. The van der Waals surface area contributed by atoms with E-state index in [0.29, 0.717) is 33.7 Å². The van der Waals surface area contributed by atoms with Gasteiger partial charge in [0.15, 0.2) is 11.5 Å². The van der Waals surface area contributed by atoms with Crippen molar-refractivity contribution in [2.75, 3.05) is 11.5 Å². The Morgan fingerprint density at radius 2 is 1.85 bits per heavy atom. The number of hydrogen-bond acceptors (Lipinski definition) is 7. The topological polar surface area (TPSA) is 146 Å². The quantitative estimate of drug-likeness (QED) is 0.363. The summed E-state index contributed by atoms with van der Waals surface area (Å²) in [5, 5.41) is 7.33. The fraction of sp³-hybridized carbons (Fsp3) is 0.0870. The van der Waals surface area contributed by atoms with E-state index in [4.69, 9.17) is 16.5 Å². The normalized spacial score (nSPS) is 12.2. The monoisotopic (exact) mass is 440 g/mol. The van der Waals surface area contributed by atoms with Gasteiger partial charge in [-0.2, -0.15) is 0 Å². The molecule has 164 valence electrons. The molecule has 0 aliphatic rings. The standard InChI is InChI=1S/C23H20N8O2/c1-13(27-22(32)18-19(25)29-30-12-6-11-26-21(18)30)20-28-16-10-5-9-15(24)17(16)23(33)31(20)14-7-3-2-4-8-14/h2-13H,24H2,1H3,(H2,25,29)(H,27,32)/t13-/m0/s1. The van der Waals surface area contributed by atoms with Crippen LogP contribution in [0, 0.1) is 0 Å². The Morgan fingerprint density at radius 1 is 1.06 bits per heavy atom. The summed E-state index contributed by atoms with van der Waals surface area (Å²) in [5.74, 6) is -0.0750. The predicted molar refractivity (Wildman–Crippen MR) is 125 cm³/mol. The molecule has 3 heterocycles. The van der Waals surface area contributed by atoms with Crippen LogP contribution in [0.2, 0.25) is 0 Å². The van der Waals surface area contributed by atoms with Crippen molar-refractivity contribution in [3.05, 3.63) is 88.7 Å². The zero-order valence-corrected chi connectivity index (χ0v) is 17.6. The number of nitrogen functional groups attached to an aromatic ring is 2. The van der Waals surface area contributed by atoms with Gasteiger partial charge in [-0.25, -0.2) is 14.5 Å². The van der Waals surface area contributed by atoms with Gasteiger partial charge in [0, 0.05) is 18.1 Å². The van der Waals surface area contributed by atoms with Crippen molar-refractivity contribution in [3.8, 4) is 5.69 Å². The van der Waals surface area contributed by atoms with Crippen molar-refractivity contribution in [1.82, 2.24) is 29.5 Å². The molecule has 2 aromatic carbocycles. The molecule has 10 nitrogen and oxygen atoms in total. The minimum atomic E-state index is -0.658. The van der Waals surface area contributed by atoms with E-state index in [9.17, 15) is 9.59 Å². The maximum Gasteiger partial charge on any atom is 0.268 e. The first-order valence-electron chi connectivity index (χ1n) is 10.2. The molecule has 0 aliphatic heterocycles. The van der Waals surface area contributed by atoms with E-state index in [2.05, 4.69) is 15.4 Å². The average Bonchev–Trinajstić information content (AvgIpc) is 3.15. The predicted octanol–water partition coefficient (Wildman–Crippen LogP) is 2.08. The summed E-state index contributed by atoms with van der Waals surface area (Å²) in [4.78, 5) is 35.6. The van der Waals surface area contributed by atoms with E-state index in [0.717, 1.165) is 0 Å². The lowest BCUT2D eigenvalue weighted by molar-refractivity contribution is 0.0940. The summed E-state index contributed by atoms with van der Waals surface area (Å²) in [5.41, 5.74) is 13.6. The van der Waals surface area contributed by atoms with Crippen LogP contribution in [0.5, 0.6) is 0 Å². The molecule has 1 amide bonds. The van der Waals surface area contributed by atoms with Crippen LogP contribution in [0.3, 0.4) is 0 Å². The molecule has 0 fully saturated rings. The van der Waals surface area contributed by atoms with E-state index in [-0.39, 0.29) is 16.9 Å². The van der Waals surface area contributed by atoms with E-state index >= 15 is 0 Å². The van der Waals surface area contributed by atoms with Gasteiger partial charge >= 0.3 is 0 Å². The number of amides is 1. The van der Waals surface area contributed by atoms with Gasteiger partial charge in [-0.05, 0) is 37.3 Å². The van der Waals surface area contributed by atoms with Crippen molar-refractivity contribution in [2.24, 2.45) is 0 Å². The molecule has 5 aromatic rings. The molecule has 10 heteroatoms. The van der Waals surface area contributed by atoms with Gasteiger partial charge in [-0.1, -0.05) is 24.3 Å². The Morgan fingerprint density at radius 3 is 2.64 bits per heavy atom. The molecular weight excluding hydrogens is 420 g/mol. The zero-order chi connectivity index (χ0) is 23.1. The second-order valence-corrected chi connectivity index (χ2v) is 7.53. The van der Waals surface area contributed by atoms with E-state index in [1.54, 1.807) is 55.7 Å². The lowest BCUT2D eigenvalue weighted by Gasteiger charge is -2.20. The molecule has 0 aliphatic carbocycles. The molecule has 5 N–H and O–H groups in total. The number of rotatable bonds is 4. The fourth-order valence-corrected chi connectivity index (χ4v) is 3.85. The summed E-state index contributed by atoms with van der Waals surface area (Å²) >= 11 is 0. The number of hydrogen-bond donors (Lipinski definition) is 3. The van der Waals surface area contributed by atoms with Gasteiger partial charge < -0.3 is 16.8 Å². The number of para-hydroxylation sites is 1. The lowest BCUT2D eigenvalue weighted by atomic mass is 10.1. The SMILES string of the molecule is C[C@H](NC(=O)c1c(N)nn2cccnc12)c1nc2cccc(N)c2c(=O)n1-c1ccccc1. The van der Waals surface area contributed by atoms with Crippen LogP contribution in [0.1, 0.15) is 29.1 Å². The first-order valence-corrected chi connectivity index (χ1v) is 10.2. The summed E-state index contributed by atoms with van der Waals surface area (Å²) in [6.45, 7) is 1.74. The summed E-state index contributed by atoms with van der Waals surface area (Å²) in [6.07, 6.45) is 3.21. The Bertz CT molecular complexity index is 1570. The van der Waals surface area contributed by atoms with Crippen molar-refractivity contribution in [2.45, 2.75) is 13.0 Å². The van der Waals surface area contributed by atoms with E-state index in [1.807, 2.05) is 18.2 Å². The molecule has 0 radical (unpaired) electrons. The Labute approximate surface area is 187 Å². The molecule has 33 heavy (non-hydrogen) atoms. The highest BCUT2D eigenvalue weighted by atomic mass is 16.2. The van der Waals surface area contributed by atoms with E-state index in [1.165, 1.54) is 9.08 Å². The van der Waals surface area contributed by atoms with Crippen molar-refractivity contribution in [3.63, 3.8) is 0 Å². The first-order chi connectivity index (χ1) is 16.0. The maximum atomic E-state index is 13.5. The minimum absolute atomic E-state index is 0.0538. The van der Waals surface area contributed by atoms with Crippen LogP contribution in [-0.4, -0.2) is 30.1 Å². The molecule has 5 rings (SSSR count). The largest absolute Gasteiger partial charge is 0.398 e. The molecule has 0 unspecified atom stereocenters. The van der Waals surface area contributed by atoms with Gasteiger partial charge in [-0.15, -0.1) is 5.10 Å². The van der Waals surface area contributed by atoms with Gasteiger partial charge in [0.2, 0.25) is 0 Å².